The van der Waals surface area contributed by atoms with Gasteiger partial charge in [0.15, 0.2) is 83.2 Å². The molecule has 0 saturated carbocycles. The van der Waals surface area contributed by atoms with Crippen LogP contribution in [0.15, 0.2) is 12.2 Å². The van der Waals surface area contributed by atoms with Crippen molar-refractivity contribution in [2.24, 2.45) is 0 Å². The zero-order valence-electron chi connectivity index (χ0n) is 53.1. The molecule has 0 aliphatic heterocycles. The summed E-state index contributed by atoms with van der Waals surface area (Å²) in [7, 11) is -26.1. The maximum atomic E-state index is 12.0. The summed E-state index contributed by atoms with van der Waals surface area (Å²) in [6, 6.07) is 16.7. The van der Waals surface area contributed by atoms with E-state index in [4.69, 9.17) is 45.9 Å². The Kier molecular flexibility index (Phi) is 36.4. The number of carbonyl (C=O) groups excluding carboxylic acids is 1. The van der Waals surface area contributed by atoms with Crippen molar-refractivity contribution in [3.05, 3.63) is 12.2 Å². The SMILES string of the molecule is C=C(C)C(=O)OCCC[SiH2]O[Si](C)(C)CC[Si](O[Si](C)(C)CC[SiH2]O[Si](C)(C)CC[SiH2]O[Si](C)(C)C)(O[Si](C)(C)CC[SiH2]O[Si](C)(C)CC[SiH2]O[Si](C)(C)C)O[Si](C)(C)CC[SiH2]O[Si](C)(C)CC[SiH2]O[Si](C)(C)C. The van der Waals surface area contributed by atoms with Gasteiger partial charge in [0.2, 0.25) is 0 Å². The van der Waals surface area contributed by atoms with Crippen molar-refractivity contribution in [2.75, 3.05) is 6.61 Å². The molecule has 30 heteroatoms. The van der Waals surface area contributed by atoms with Crippen LogP contribution < -0.4 is 0 Å². The largest absolute Gasteiger partial charge is 0.469 e. The van der Waals surface area contributed by atoms with Gasteiger partial charge in [0.1, 0.15) is 68.3 Å². The van der Waals surface area contributed by atoms with E-state index >= 15 is 0 Å². The van der Waals surface area contributed by atoms with E-state index in [9.17, 15) is 4.79 Å². The summed E-state index contributed by atoms with van der Waals surface area (Å²) >= 11 is 0. The molecule has 0 rings (SSSR count). The molecular weight excluding hydrogens is 1230 g/mol. The van der Waals surface area contributed by atoms with Crippen molar-refractivity contribution < 1.29 is 50.7 Å². The normalized spacial score (nSPS) is 16.1. The smallest absolute Gasteiger partial charge is 0.462 e. The Morgan fingerprint density at radius 3 is 0.851 bits per heavy atom. The van der Waals surface area contributed by atoms with E-state index in [1.807, 2.05) is 0 Å². The lowest BCUT2D eigenvalue weighted by atomic mass is 10.4. The number of carbonyl (C=O) groups is 1. The molecule has 12 nitrogen and oxygen atoms in total. The highest BCUT2D eigenvalue weighted by molar-refractivity contribution is 6.92. The van der Waals surface area contributed by atoms with Crippen molar-refractivity contribution in [3.8, 4) is 0 Å². The summed E-state index contributed by atoms with van der Waals surface area (Å²) in [6.07, 6.45) is 0.827. The van der Waals surface area contributed by atoms with Crippen LogP contribution in [0.2, 0.25) is 241 Å². The van der Waals surface area contributed by atoms with Gasteiger partial charge in [0.05, 0.1) is 6.61 Å². The predicted molar refractivity (Wildman–Crippen MR) is 371 cm³/mol. The van der Waals surface area contributed by atoms with Crippen LogP contribution >= 0.6 is 0 Å². The van der Waals surface area contributed by atoms with Gasteiger partial charge >= 0.3 is 14.8 Å². The van der Waals surface area contributed by atoms with Gasteiger partial charge < -0.3 is 45.9 Å². The molecule has 0 aliphatic carbocycles. The third-order valence-corrected chi connectivity index (χ3v) is 72.6. The van der Waals surface area contributed by atoms with E-state index in [-0.39, 0.29) is 5.97 Å². The van der Waals surface area contributed by atoms with Gasteiger partial charge in [-0.15, -0.1) is 0 Å². The monoisotopic (exact) mass is 1350 g/mol. The molecule has 0 spiro atoms. The molecule has 0 heterocycles. The lowest BCUT2D eigenvalue weighted by Crippen LogP contribution is -2.62. The van der Waals surface area contributed by atoms with E-state index in [1.165, 1.54) is 36.3 Å². The van der Waals surface area contributed by atoms with E-state index in [0.717, 1.165) is 60.8 Å². The first kappa shape index (κ1) is 76.7. The van der Waals surface area contributed by atoms with Crippen LogP contribution in [0.5, 0.6) is 0 Å². The maximum Gasteiger partial charge on any atom is 0.469 e. The fraction of sp³-hybridized carbons (Fsp3) is 0.932. The molecule has 0 atom stereocenters. The average Bonchev–Trinajstić information content (AvgIpc) is 3.21. The predicted octanol–water partition coefficient (Wildman–Crippen LogP) is 10.1. The highest BCUT2D eigenvalue weighted by Crippen LogP contribution is 2.37. The first-order chi connectivity index (χ1) is 33.4. The Bertz CT molecular complexity index is 1440. The molecule has 0 aromatic rings. The number of hydrogen-bond donors (Lipinski definition) is 0. The van der Waals surface area contributed by atoms with Crippen molar-refractivity contribution in [1.82, 2.24) is 0 Å². The molecule has 0 aromatic heterocycles. The maximum absolute atomic E-state index is 12.0. The minimum atomic E-state index is -3.28. The molecule has 0 aromatic carbocycles. The molecule has 0 bridgehead atoms. The van der Waals surface area contributed by atoms with Crippen molar-refractivity contribution in [3.63, 3.8) is 0 Å². The van der Waals surface area contributed by atoms with Crippen LogP contribution in [-0.2, 0) is 50.7 Å². The van der Waals surface area contributed by atoms with E-state index in [1.54, 1.807) is 6.92 Å². The first-order valence-corrected chi connectivity index (χ1v) is 73.8. The van der Waals surface area contributed by atoms with Crippen LogP contribution in [-0.4, -0.2) is 173 Å². The minimum absolute atomic E-state index is 0.310. The lowest BCUT2D eigenvalue weighted by Gasteiger charge is -2.46. The molecular formula is C44H122O12Si18. The zero-order chi connectivity index (χ0) is 57.4. The molecule has 0 unspecified atom stereocenters. The summed E-state index contributed by atoms with van der Waals surface area (Å²) in [4.78, 5) is 12.0. The van der Waals surface area contributed by atoms with Gasteiger partial charge in [-0.05, 0) is 249 Å². The zero-order valence-corrected chi connectivity index (χ0v) is 74.0. The number of hydrogen-bond acceptors (Lipinski definition) is 12. The average molecular weight is 1350 g/mol. The third-order valence-electron chi connectivity index (χ3n) is 12.6. The molecule has 0 fully saturated rings. The first-order valence-electron chi connectivity index (χ1n) is 28.8. The molecule has 74 heavy (non-hydrogen) atoms. The van der Waals surface area contributed by atoms with Gasteiger partial charge in [-0.25, -0.2) is 4.79 Å². The van der Waals surface area contributed by atoms with Gasteiger partial charge in [0.25, 0.3) is 0 Å². The second-order valence-electron chi connectivity index (χ2n) is 28.3. The fourth-order valence-corrected chi connectivity index (χ4v) is 73.0. The highest BCUT2D eigenvalue weighted by atomic mass is 28.5. The summed E-state index contributed by atoms with van der Waals surface area (Å²) < 4.78 is 75.6. The van der Waals surface area contributed by atoms with Crippen LogP contribution in [0.25, 0.3) is 0 Å². The van der Waals surface area contributed by atoms with Crippen LogP contribution in [0.1, 0.15) is 13.3 Å². The fourth-order valence-electron chi connectivity index (χ4n) is 8.38. The van der Waals surface area contributed by atoms with Crippen LogP contribution in [0, 0.1) is 0 Å². The Morgan fingerprint density at radius 1 is 0.338 bits per heavy atom. The van der Waals surface area contributed by atoms with Crippen LogP contribution in [0.4, 0.5) is 0 Å². The molecule has 0 amide bonds. The Hall–Kier alpha value is 2.71. The Morgan fingerprint density at radius 2 is 0.581 bits per heavy atom. The second kappa shape index (κ2) is 35.1. The Labute approximate surface area is 486 Å². The van der Waals surface area contributed by atoms with Gasteiger partial charge in [-0.1, -0.05) is 6.58 Å². The van der Waals surface area contributed by atoms with E-state index < -0.39 is 160 Å². The molecule has 0 aliphatic rings. The number of esters is 1. The van der Waals surface area contributed by atoms with Crippen molar-refractivity contribution in [1.29, 1.82) is 0 Å². The number of rotatable bonds is 46. The molecule has 0 N–H and O–H groups in total. The summed E-state index contributed by atoms with van der Waals surface area (Å²) in [5.74, 6) is -0.310. The van der Waals surface area contributed by atoms with Gasteiger partial charge in [-0.3, -0.25) is 0 Å². The second-order valence-corrected chi connectivity index (χ2v) is 89.3. The Balaban J connectivity index is 6.65. The minimum Gasteiger partial charge on any atom is -0.462 e. The highest BCUT2D eigenvalue weighted by Gasteiger charge is 2.53. The molecule has 0 saturated heterocycles. The van der Waals surface area contributed by atoms with Crippen molar-refractivity contribution >= 4 is 166 Å². The topological polar surface area (TPSA) is 119 Å². The quantitative estimate of drug-likeness (QED) is 0.0250. The standard InChI is InChI=1S/C44H122O12Si18/c1-43(2)44(45)46-27-26-28-57-50-70(18,19)41-42-74(54-71(20,21)38-32-61-51-67(12,13)35-29-58-47-64(3,4)5,55-72(22,23)39-33-62-52-68(14,15)36-30-59-48-65(6,7)8)56-73(24,25)40-34-63-53-69(16,17)37-31-60-49-66(9,10)11/h1,26-42,57-63H2,2-25H3. The van der Waals surface area contributed by atoms with Gasteiger partial charge in [-0.2, -0.15) is 0 Å². The number of ether oxygens (including phenoxy) is 1. The lowest BCUT2D eigenvalue weighted by molar-refractivity contribution is -0.138. The van der Waals surface area contributed by atoms with E-state index in [0.29, 0.717) is 12.2 Å². The summed E-state index contributed by atoms with van der Waals surface area (Å²) in [6.45, 7) is 60.5. The molecule has 442 valence electrons. The summed E-state index contributed by atoms with van der Waals surface area (Å²) in [5.41, 5.74) is 0.445. The van der Waals surface area contributed by atoms with Gasteiger partial charge in [0, 0.05) is 11.6 Å². The summed E-state index contributed by atoms with van der Waals surface area (Å²) in [5, 5.41) is 0. The third kappa shape index (κ3) is 44.3. The van der Waals surface area contributed by atoms with Crippen LogP contribution in [0.3, 0.4) is 0 Å². The van der Waals surface area contributed by atoms with Crippen molar-refractivity contribution in [2.45, 2.75) is 255 Å². The van der Waals surface area contributed by atoms with E-state index in [2.05, 4.69) is 157 Å². The molecule has 0 radical (unpaired) electrons.